The number of nitrogens with one attached hydrogen (secondary N) is 1. The molecule has 2 atom stereocenters. The van der Waals surface area contributed by atoms with Crippen LogP contribution in [0.4, 0.5) is 0 Å². The number of hydrogen-bond donors (Lipinski definition) is 3. The molecular formula is C47H91NO5. The number of amides is 1. The molecule has 3 N–H and O–H groups in total. The van der Waals surface area contributed by atoms with Gasteiger partial charge in [-0.2, -0.15) is 0 Å². The Balaban J connectivity index is 3.51. The van der Waals surface area contributed by atoms with Gasteiger partial charge in [0.15, 0.2) is 0 Å². The third-order valence-electron chi connectivity index (χ3n) is 10.8. The molecule has 6 nitrogen and oxygen atoms in total. The molecule has 0 spiro atoms. The lowest BCUT2D eigenvalue weighted by Gasteiger charge is -2.22. The van der Waals surface area contributed by atoms with E-state index in [1.54, 1.807) is 0 Å². The zero-order chi connectivity index (χ0) is 38.7. The first kappa shape index (κ1) is 51.6. The van der Waals surface area contributed by atoms with Crippen LogP contribution in [-0.2, 0) is 14.3 Å². The molecule has 6 heteroatoms. The van der Waals surface area contributed by atoms with Gasteiger partial charge in [0.05, 0.1) is 25.4 Å². The topological polar surface area (TPSA) is 95.9 Å². The monoisotopic (exact) mass is 750 g/mol. The summed E-state index contributed by atoms with van der Waals surface area (Å²) in [5.41, 5.74) is 0. The lowest BCUT2D eigenvalue weighted by Crippen LogP contribution is -2.45. The first-order valence-electron chi connectivity index (χ1n) is 23.4. The minimum atomic E-state index is -0.692. The molecule has 314 valence electrons. The fourth-order valence-electron chi connectivity index (χ4n) is 7.17. The standard InChI is InChI=1S/C47H91NO5/c1-3-5-7-9-11-13-15-16-17-18-19-21-25-29-33-37-41-47(52)53-42-38-34-30-26-22-24-28-32-36-40-46(51)48-44(43-49)45(50)39-35-31-27-23-20-14-12-10-8-6-4-2/h24,28,44-45,49-50H,3-23,25-27,29-43H2,1-2H3,(H,48,51)/b28-24-. The fraction of sp³-hybridized carbons (Fsp3) is 0.915. The predicted molar refractivity (Wildman–Crippen MR) is 227 cm³/mol. The first-order valence-corrected chi connectivity index (χ1v) is 23.4. The average molecular weight is 750 g/mol. The molecule has 0 radical (unpaired) electrons. The minimum absolute atomic E-state index is 0.0328. The molecule has 1 amide bonds. The summed E-state index contributed by atoms with van der Waals surface area (Å²) in [7, 11) is 0. The molecule has 2 unspecified atom stereocenters. The molecule has 0 fully saturated rings. The maximum Gasteiger partial charge on any atom is 0.305 e. The summed E-state index contributed by atoms with van der Waals surface area (Å²) in [6, 6.07) is -0.576. The second-order valence-corrected chi connectivity index (χ2v) is 16.1. The van der Waals surface area contributed by atoms with Crippen molar-refractivity contribution in [2.45, 2.75) is 264 Å². The van der Waals surface area contributed by atoms with Gasteiger partial charge in [0.2, 0.25) is 5.91 Å². The summed E-state index contributed by atoms with van der Waals surface area (Å²) in [6.07, 6.45) is 47.5. The second-order valence-electron chi connectivity index (χ2n) is 16.1. The molecular weight excluding hydrogens is 659 g/mol. The van der Waals surface area contributed by atoms with E-state index in [0.717, 1.165) is 70.6 Å². The van der Waals surface area contributed by atoms with Crippen LogP contribution in [0.2, 0.25) is 0 Å². The van der Waals surface area contributed by atoms with Gasteiger partial charge in [-0.1, -0.05) is 206 Å². The third kappa shape index (κ3) is 40.1. The Morgan fingerprint density at radius 2 is 0.906 bits per heavy atom. The van der Waals surface area contributed by atoms with Gasteiger partial charge in [0, 0.05) is 12.8 Å². The van der Waals surface area contributed by atoms with Crippen LogP contribution in [-0.4, -0.2) is 47.4 Å². The van der Waals surface area contributed by atoms with Crippen molar-refractivity contribution >= 4 is 11.9 Å². The van der Waals surface area contributed by atoms with Crippen LogP contribution in [0.3, 0.4) is 0 Å². The number of aliphatic hydroxyl groups is 2. The Morgan fingerprint density at radius 3 is 1.38 bits per heavy atom. The van der Waals surface area contributed by atoms with Gasteiger partial charge in [-0.05, 0) is 44.9 Å². The van der Waals surface area contributed by atoms with Gasteiger partial charge in [0.1, 0.15) is 0 Å². The number of aliphatic hydroxyl groups excluding tert-OH is 2. The summed E-state index contributed by atoms with van der Waals surface area (Å²) in [5.74, 6) is -0.129. The molecule has 0 rings (SSSR count). The van der Waals surface area contributed by atoms with Crippen LogP contribution in [0.25, 0.3) is 0 Å². The number of carbonyl (C=O) groups is 2. The minimum Gasteiger partial charge on any atom is -0.466 e. The van der Waals surface area contributed by atoms with E-state index in [0.29, 0.717) is 25.9 Å². The van der Waals surface area contributed by atoms with Gasteiger partial charge >= 0.3 is 5.97 Å². The molecule has 0 aromatic carbocycles. The maximum absolute atomic E-state index is 12.4. The van der Waals surface area contributed by atoms with Crippen molar-refractivity contribution in [1.82, 2.24) is 5.32 Å². The molecule has 0 aliphatic heterocycles. The van der Waals surface area contributed by atoms with Crippen LogP contribution in [0.1, 0.15) is 251 Å². The van der Waals surface area contributed by atoms with E-state index in [1.807, 2.05) is 0 Å². The van der Waals surface area contributed by atoms with Crippen LogP contribution in [0, 0.1) is 0 Å². The molecule has 0 saturated carbocycles. The zero-order valence-corrected chi connectivity index (χ0v) is 35.5. The molecule has 0 aromatic heterocycles. The van der Waals surface area contributed by atoms with Crippen molar-refractivity contribution < 1.29 is 24.5 Å². The average Bonchev–Trinajstić information content (AvgIpc) is 3.16. The number of rotatable bonds is 43. The Bertz CT molecular complexity index is 787. The zero-order valence-electron chi connectivity index (χ0n) is 35.5. The van der Waals surface area contributed by atoms with Crippen molar-refractivity contribution in [2.75, 3.05) is 13.2 Å². The van der Waals surface area contributed by atoms with E-state index in [9.17, 15) is 19.8 Å². The summed E-state index contributed by atoms with van der Waals surface area (Å²) in [6.45, 7) is 4.85. The molecule has 0 aliphatic carbocycles. The van der Waals surface area contributed by atoms with E-state index < -0.39 is 12.1 Å². The normalized spacial score (nSPS) is 12.8. The largest absolute Gasteiger partial charge is 0.466 e. The van der Waals surface area contributed by atoms with E-state index in [1.165, 1.54) is 148 Å². The SMILES string of the molecule is CCCCCCCCCCCCCCCCCCC(=O)OCCCCCC/C=C\CCCC(=O)NC(CO)C(O)CCCCCCCCCCCCC. The number of allylic oxidation sites excluding steroid dienone is 2. The van der Waals surface area contributed by atoms with Gasteiger partial charge in [0.25, 0.3) is 0 Å². The smallest absolute Gasteiger partial charge is 0.305 e. The van der Waals surface area contributed by atoms with Crippen LogP contribution >= 0.6 is 0 Å². The Kier molecular flexibility index (Phi) is 42.2. The summed E-state index contributed by atoms with van der Waals surface area (Å²) in [5, 5.41) is 23.0. The highest BCUT2D eigenvalue weighted by Gasteiger charge is 2.19. The van der Waals surface area contributed by atoms with Crippen LogP contribution in [0.15, 0.2) is 12.2 Å². The lowest BCUT2D eigenvalue weighted by atomic mass is 10.0. The predicted octanol–water partition coefficient (Wildman–Crippen LogP) is 13.4. The van der Waals surface area contributed by atoms with Gasteiger partial charge in [-0.15, -0.1) is 0 Å². The van der Waals surface area contributed by atoms with Crippen LogP contribution < -0.4 is 5.32 Å². The number of carbonyl (C=O) groups excluding carboxylic acids is 2. The summed E-state index contributed by atoms with van der Waals surface area (Å²) >= 11 is 0. The molecule has 0 saturated heterocycles. The molecule has 53 heavy (non-hydrogen) atoms. The van der Waals surface area contributed by atoms with Gasteiger partial charge < -0.3 is 20.3 Å². The van der Waals surface area contributed by atoms with Gasteiger partial charge in [-0.25, -0.2) is 0 Å². The van der Waals surface area contributed by atoms with Crippen molar-refractivity contribution in [3.05, 3.63) is 12.2 Å². The third-order valence-corrected chi connectivity index (χ3v) is 10.8. The molecule has 0 heterocycles. The highest BCUT2D eigenvalue weighted by molar-refractivity contribution is 5.76. The van der Waals surface area contributed by atoms with E-state index in [4.69, 9.17) is 4.74 Å². The highest BCUT2D eigenvalue weighted by atomic mass is 16.5. The number of esters is 1. The molecule has 0 bridgehead atoms. The Morgan fingerprint density at radius 1 is 0.509 bits per heavy atom. The fourth-order valence-corrected chi connectivity index (χ4v) is 7.17. The Labute approximate surface area is 329 Å². The summed E-state index contributed by atoms with van der Waals surface area (Å²) < 4.78 is 5.44. The van der Waals surface area contributed by atoms with E-state index >= 15 is 0 Å². The van der Waals surface area contributed by atoms with Crippen molar-refractivity contribution in [3.8, 4) is 0 Å². The number of ether oxygens (including phenoxy) is 1. The quantitative estimate of drug-likeness (QED) is 0.0328. The van der Waals surface area contributed by atoms with Crippen molar-refractivity contribution in [3.63, 3.8) is 0 Å². The molecule has 0 aliphatic rings. The Hall–Kier alpha value is -1.40. The van der Waals surface area contributed by atoms with Crippen LogP contribution in [0.5, 0.6) is 0 Å². The number of unbranched alkanes of at least 4 members (excludes halogenated alkanes) is 30. The van der Waals surface area contributed by atoms with Gasteiger partial charge in [-0.3, -0.25) is 9.59 Å². The first-order chi connectivity index (χ1) is 26.0. The molecule has 0 aromatic rings. The lowest BCUT2D eigenvalue weighted by molar-refractivity contribution is -0.143. The number of hydrogen-bond acceptors (Lipinski definition) is 5. The van der Waals surface area contributed by atoms with E-state index in [-0.39, 0.29) is 18.5 Å². The van der Waals surface area contributed by atoms with Crippen molar-refractivity contribution in [1.29, 1.82) is 0 Å². The summed E-state index contributed by atoms with van der Waals surface area (Å²) in [4.78, 5) is 24.4. The van der Waals surface area contributed by atoms with E-state index in [2.05, 4.69) is 31.3 Å². The highest BCUT2D eigenvalue weighted by Crippen LogP contribution is 2.16. The second kappa shape index (κ2) is 43.3. The maximum atomic E-state index is 12.4. The van der Waals surface area contributed by atoms with Crippen molar-refractivity contribution in [2.24, 2.45) is 0 Å².